The van der Waals surface area contributed by atoms with E-state index in [4.69, 9.17) is 4.74 Å². The fourth-order valence-electron chi connectivity index (χ4n) is 2.01. The van der Waals surface area contributed by atoms with Gasteiger partial charge in [0, 0.05) is 25.0 Å². The molecule has 1 aromatic carbocycles. The molecule has 19 heavy (non-hydrogen) atoms. The molecular formula is C12H12BrF2NO3. The van der Waals surface area contributed by atoms with Crippen LogP contribution in [0.15, 0.2) is 22.7 Å². The molecule has 104 valence electrons. The summed E-state index contributed by atoms with van der Waals surface area (Å²) < 4.78 is 32.1. The first-order valence-electron chi connectivity index (χ1n) is 5.86. The molecule has 1 saturated carbocycles. The summed E-state index contributed by atoms with van der Waals surface area (Å²) in [5.41, 5.74) is -0.0468. The van der Waals surface area contributed by atoms with Crippen LogP contribution in [-0.2, 0) is 0 Å². The van der Waals surface area contributed by atoms with Crippen molar-refractivity contribution in [1.82, 2.24) is 0 Å². The Balaban J connectivity index is 2.02. The Morgan fingerprint density at radius 3 is 2.53 bits per heavy atom. The maximum atomic E-state index is 13.0. The van der Waals surface area contributed by atoms with Crippen LogP contribution in [0.3, 0.4) is 0 Å². The quantitative estimate of drug-likeness (QED) is 0.610. The van der Waals surface area contributed by atoms with Gasteiger partial charge in [0.15, 0.2) is 0 Å². The van der Waals surface area contributed by atoms with Gasteiger partial charge in [0.2, 0.25) is 5.92 Å². The summed E-state index contributed by atoms with van der Waals surface area (Å²) in [4.78, 5) is 10.1. The van der Waals surface area contributed by atoms with Gasteiger partial charge in [0.05, 0.1) is 15.5 Å². The van der Waals surface area contributed by atoms with E-state index in [0.717, 1.165) is 0 Å². The van der Waals surface area contributed by atoms with Gasteiger partial charge in [-0.05, 0) is 34.8 Å². The summed E-state index contributed by atoms with van der Waals surface area (Å²) in [7, 11) is 0. The zero-order valence-corrected chi connectivity index (χ0v) is 11.5. The Labute approximate surface area is 117 Å². The van der Waals surface area contributed by atoms with Crippen molar-refractivity contribution in [1.29, 1.82) is 0 Å². The summed E-state index contributed by atoms with van der Waals surface area (Å²) in [5.74, 6) is -2.15. The van der Waals surface area contributed by atoms with Crippen LogP contribution in [0.2, 0.25) is 0 Å². The van der Waals surface area contributed by atoms with E-state index in [1.807, 2.05) is 0 Å². The Bertz CT molecular complexity index is 486. The van der Waals surface area contributed by atoms with E-state index in [-0.39, 0.29) is 37.5 Å². The van der Waals surface area contributed by atoms with E-state index in [1.165, 1.54) is 18.2 Å². The lowest BCUT2D eigenvalue weighted by Gasteiger charge is -2.28. The molecule has 0 N–H and O–H groups in total. The average Bonchev–Trinajstić information content (AvgIpc) is 2.34. The van der Waals surface area contributed by atoms with Crippen LogP contribution in [0.5, 0.6) is 5.75 Å². The van der Waals surface area contributed by atoms with E-state index < -0.39 is 10.8 Å². The smallest absolute Gasteiger partial charge is 0.270 e. The summed E-state index contributed by atoms with van der Waals surface area (Å²) >= 11 is 3.19. The molecule has 1 aliphatic carbocycles. The fraction of sp³-hybridized carbons (Fsp3) is 0.500. The predicted molar refractivity (Wildman–Crippen MR) is 68.6 cm³/mol. The minimum absolute atomic E-state index is 0.0468. The van der Waals surface area contributed by atoms with Crippen molar-refractivity contribution in [2.75, 3.05) is 0 Å². The summed E-state index contributed by atoms with van der Waals surface area (Å²) in [6.45, 7) is 0. The van der Waals surface area contributed by atoms with Gasteiger partial charge in [0.25, 0.3) is 5.69 Å². The number of benzene rings is 1. The SMILES string of the molecule is O=[N+]([O-])c1ccc(OC2CCC(F)(F)CC2)c(Br)c1. The molecule has 0 unspecified atom stereocenters. The summed E-state index contributed by atoms with van der Waals surface area (Å²) in [6, 6.07) is 4.15. The van der Waals surface area contributed by atoms with E-state index in [9.17, 15) is 18.9 Å². The van der Waals surface area contributed by atoms with Crippen molar-refractivity contribution in [2.24, 2.45) is 0 Å². The van der Waals surface area contributed by atoms with Crippen molar-refractivity contribution in [3.05, 3.63) is 32.8 Å². The molecule has 1 aliphatic rings. The van der Waals surface area contributed by atoms with Crippen molar-refractivity contribution >= 4 is 21.6 Å². The van der Waals surface area contributed by atoms with Crippen molar-refractivity contribution in [2.45, 2.75) is 37.7 Å². The number of nitro groups is 1. The first-order valence-corrected chi connectivity index (χ1v) is 6.65. The number of alkyl halides is 2. The van der Waals surface area contributed by atoms with Gasteiger partial charge in [-0.2, -0.15) is 0 Å². The molecular weight excluding hydrogens is 324 g/mol. The second kappa shape index (κ2) is 5.40. The largest absolute Gasteiger partial charge is 0.489 e. The second-order valence-electron chi connectivity index (χ2n) is 4.54. The van der Waals surface area contributed by atoms with Gasteiger partial charge in [-0.15, -0.1) is 0 Å². The molecule has 4 nitrogen and oxygen atoms in total. The Morgan fingerprint density at radius 2 is 2.00 bits per heavy atom. The third-order valence-electron chi connectivity index (χ3n) is 3.08. The summed E-state index contributed by atoms with van der Waals surface area (Å²) in [5, 5.41) is 10.6. The minimum Gasteiger partial charge on any atom is -0.489 e. The third-order valence-corrected chi connectivity index (χ3v) is 3.70. The minimum atomic E-state index is -2.59. The first kappa shape index (κ1) is 14.2. The summed E-state index contributed by atoms with van der Waals surface area (Å²) in [6.07, 6.45) is -0.0467. The van der Waals surface area contributed by atoms with Crippen molar-refractivity contribution < 1.29 is 18.4 Å². The van der Waals surface area contributed by atoms with Gasteiger partial charge >= 0.3 is 0 Å². The highest BCUT2D eigenvalue weighted by molar-refractivity contribution is 9.10. The predicted octanol–water partition coefficient (Wildman–Crippen LogP) is 4.31. The number of non-ortho nitro benzene ring substituents is 1. The Hall–Kier alpha value is -1.24. The standard InChI is InChI=1S/C12H12BrF2NO3/c13-10-7-8(16(17)18)1-2-11(10)19-9-3-5-12(14,15)6-4-9/h1-2,7,9H,3-6H2. The number of halogens is 3. The van der Waals surface area contributed by atoms with E-state index in [0.29, 0.717) is 10.2 Å². The molecule has 0 atom stereocenters. The molecule has 0 aromatic heterocycles. The van der Waals surface area contributed by atoms with Crippen molar-refractivity contribution in [3.8, 4) is 5.75 Å². The molecule has 1 aromatic rings. The van der Waals surface area contributed by atoms with Crippen molar-refractivity contribution in [3.63, 3.8) is 0 Å². The van der Waals surface area contributed by atoms with Crippen LogP contribution in [-0.4, -0.2) is 16.9 Å². The van der Waals surface area contributed by atoms with Crippen LogP contribution in [0.1, 0.15) is 25.7 Å². The molecule has 7 heteroatoms. The van der Waals surface area contributed by atoms with Gasteiger partial charge < -0.3 is 4.74 Å². The number of ether oxygens (including phenoxy) is 1. The maximum Gasteiger partial charge on any atom is 0.270 e. The third kappa shape index (κ3) is 3.62. The van der Waals surface area contributed by atoms with E-state index >= 15 is 0 Å². The van der Waals surface area contributed by atoms with Gasteiger partial charge in [-0.3, -0.25) is 10.1 Å². The average molecular weight is 336 g/mol. The molecule has 0 saturated heterocycles. The highest BCUT2D eigenvalue weighted by Gasteiger charge is 2.35. The number of hydrogen-bond donors (Lipinski definition) is 0. The Morgan fingerprint density at radius 1 is 1.37 bits per heavy atom. The highest BCUT2D eigenvalue weighted by Crippen LogP contribution is 2.36. The van der Waals surface area contributed by atoms with Crippen LogP contribution >= 0.6 is 15.9 Å². The fourth-order valence-corrected chi connectivity index (χ4v) is 2.47. The molecule has 0 radical (unpaired) electrons. The second-order valence-corrected chi connectivity index (χ2v) is 5.40. The molecule has 0 heterocycles. The zero-order valence-electron chi connectivity index (χ0n) is 9.94. The normalized spacial score (nSPS) is 19.1. The zero-order chi connectivity index (χ0) is 14.0. The lowest BCUT2D eigenvalue weighted by atomic mass is 9.94. The molecule has 0 aliphatic heterocycles. The van der Waals surface area contributed by atoms with E-state index in [1.54, 1.807) is 0 Å². The molecule has 0 bridgehead atoms. The molecule has 0 amide bonds. The first-order chi connectivity index (χ1) is 8.87. The number of nitrogens with zero attached hydrogens (tertiary/aromatic N) is 1. The molecule has 1 fully saturated rings. The lowest BCUT2D eigenvalue weighted by molar-refractivity contribution is -0.385. The van der Waals surface area contributed by atoms with Gasteiger partial charge in [-0.25, -0.2) is 8.78 Å². The van der Waals surface area contributed by atoms with Gasteiger partial charge in [0.1, 0.15) is 5.75 Å². The van der Waals surface area contributed by atoms with Crippen LogP contribution in [0.25, 0.3) is 0 Å². The number of rotatable bonds is 3. The Kier molecular flexibility index (Phi) is 4.03. The molecule has 2 rings (SSSR count). The number of nitro benzene ring substituents is 1. The lowest BCUT2D eigenvalue weighted by Crippen LogP contribution is -2.30. The van der Waals surface area contributed by atoms with Crippen LogP contribution in [0, 0.1) is 10.1 Å². The maximum absolute atomic E-state index is 13.0. The van der Waals surface area contributed by atoms with Crippen LogP contribution < -0.4 is 4.74 Å². The highest BCUT2D eigenvalue weighted by atomic mass is 79.9. The van der Waals surface area contributed by atoms with E-state index in [2.05, 4.69) is 15.9 Å². The monoisotopic (exact) mass is 335 g/mol. The number of hydrogen-bond acceptors (Lipinski definition) is 3. The van der Waals surface area contributed by atoms with Gasteiger partial charge in [-0.1, -0.05) is 0 Å². The van der Waals surface area contributed by atoms with Crippen LogP contribution in [0.4, 0.5) is 14.5 Å². The topological polar surface area (TPSA) is 52.4 Å². The molecule has 0 spiro atoms.